The summed E-state index contributed by atoms with van der Waals surface area (Å²) in [7, 11) is -3.56. The lowest BCUT2D eigenvalue weighted by Gasteiger charge is -2.26. The van der Waals surface area contributed by atoms with Crippen LogP contribution in [0, 0.1) is 5.92 Å². The minimum absolute atomic E-state index is 0.0257. The molecule has 1 atom stereocenters. The van der Waals surface area contributed by atoms with Crippen molar-refractivity contribution in [3.8, 4) is 0 Å². The summed E-state index contributed by atoms with van der Waals surface area (Å²) in [6.07, 6.45) is 2.52. The highest BCUT2D eigenvalue weighted by Crippen LogP contribution is 2.39. The van der Waals surface area contributed by atoms with Crippen LogP contribution in [0.5, 0.6) is 0 Å². The molecule has 1 aliphatic carbocycles. The predicted molar refractivity (Wildman–Crippen MR) is 104 cm³/mol. The normalized spacial score (nSPS) is 22.2. The van der Waals surface area contributed by atoms with Crippen LogP contribution in [0.3, 0.4) is 0 Å². The van der Waals surface area contributed by atoms with Crippen LogP contribution >= 0.6 is 0 Å². The standard InChI is InChI=1S/C20H26N2O5S/c1-14-12-16-13-17(4-5-18(16)22(14)20(24)15-2-3-15)28(25,26)11-6-19(23)21-7-9-27-10-8-21/h4-5,13-15H,2-3,6-12H2,1H3/t14-/m1/s1. The van der Waals surface area contributed by atoms with Crippen LogP contribution in [-0.2, 0) is 30.6 Å². The Balaban J connectivity index is 1.46. The van der Waals surface area contributed by atoms with Gasteiger partial charge in [-0.2, -0.15) is 0 Å². The maximum absolute atomic E-state index is 12.8. The molecule has 1 aromatic rings. The molecule has 1 saturated carbocycles. The summed E-state index contributed by atoms with van der Waals surface area (Å²) in [5.41, 5.74) is 1.72. The number of rotatable bonds is 5. The van der Waals surface area contributed by atoms with Crippen molar-refractivity contribution in [2.45, 2.75) is 43.5 Å². The van der Waals surface area contributed by atoms with E-state index in [9.17, 15) is 18.0 Å². The molecule has 8 heteroatoms. The monoisotopic (exact) mass is 406 g/mol. The van der Waals surface area contributed by atoms with Gasteiger partial charge in [-0.1, -0.05) is 0 Å². The number of anilines is 1. The number of nitrogens with zero attached hydrogens (tertiary/aromatic N) is 2. The van der Waals surface area contributed by atoms with Crippen molar-refractivity contribution in [3.63, 3.8) is 0 Å². The summed E-state index contributed by atoms with van der Waals surface area (Å²) >= 11 is 0. The summed E-state index contributed by atoms with van der Waals surface area (Å²) in [6, 6.07) is 5.04. The molecule has 0 aromatic heterocycles. The first kappa shape index (κ1) is 19.4. The quantitative estimate of drug-likeness (QED) is 0.738. The summed E-state index contributed by atoms with van der Waals surface area (Å²) in [5, 5.41) is 0. The fourth-order valence-electron chi connectivity index (χ4n) is 3.97. The zero-order valence-electron chi connectivity index (χ0n) is 16.1. The number of sulfone groups is 1. The molecule has 2 amide bonds. The molecule has 28 heavy (non-hydrogen) atoms. The molecule has 1 aromatic carbocycles. The van der Waals surface area contributed by atoms with Crippen LogP contribution in [0.25, 0.3) is 0 Å². The fourth-order valence-corrected chi connectivity index (χ4v) is 5.25. The van der Waals surface area contributed by atoms with E-state index in [0.29, 0.717) is 32.7 Å². The van der Waals surface area contributed by atoms with Crippen molar-refractivity contribution in [2.75, 3.05) is 37.0 Å². The Morgan fingerprint density at radius 3 is 2.57 bits per heavy atom. The molecule has 0 spiro atoms. The number of hydrogen-bond acceptors (Lipinski definition) is 5. The second-order valence-corrected chi connectivity index (χ2v) is 10.00. The van der Waals surface area contributed by atoms with E-state index in [0.717, 1.165) is 24.1 Å². The van der Waals surface area contributed by atoms with E-state index in [2.05, 4.69) is 0 Å². The van der Waals surface area contributed by atoms with Crippen molar-refractivity contribution in [3.05, 3.63) is 23.8 Å². The SMILES string of the molecule is C[C@@H]1Cc2cc(S(=O)(=O)CCC(=O)N3CCOCC3)ccc2N1C(=O)C1CC1. The van der Waals surface area contributed by atoms with E-state index in [4.69, 9.17) is 4.74 Å². The van der Waals surface area contributed by atoms with Gasteiger partial charge in [0, 0.05) is 37.2 Å². The van der Waals surface area contributed by atoms with E-state index in [1.165, 1.54) is 0 Å². The molecule has 0 unspecified atom stereocenters. The molecule has 1 saturated heterocycles. The number of benzene rings is 1. The van der Waals surface area contributed by atoms with Gasteiger partial charge in [0.25, 0.3) is 0 Å². The van der Waals surface area contributed by atoms with E-state index < -0.39 is 9.84 Å². The second-order valence-electron chi connectivity index (χ2n) is 7.89. The number of carbonyl (C=O) groups is 2. The zero-order valence-corrected chi connectivity index (χ0v) is 16.9. The summed E-state index contributed by atoms with van der Waals surface area (Å²) in [5.74, 6) is -0.0775. The predicted octanol–water partition coefficient (Wildman–Crippen LogP) is 1.40. The van der Waals surface area contributed by atoms with Crippen molar-refractivity contribution in [1.29, 1.82) is 0 Å². The molecule has 7 nitrogen and oxygen atoms in total. The molecule has 152 valence electrons. The first-order chi connectivity index (χ1) is 13.4. The lowest BCUT2D eigenvalue weighted by Crippen LogP contribution is -2.41. The Kier molecular flexibility index (Phi) is 5.18. The molecule has 2 fully saturated rings. The third kappa shape index (κ3) is 3.80. The Morgan fingerprint density at radius 2 is 1.89 bits per heavy atom. The summed E-state index contributed by atoms with van der Waals surface area (Å²) in [6.45, 7) is 4.02. The Hall–Kier alpha value is -1.93. The van der Waals surface area contributed by atoms with Crippen LogP contribution in [0.1, 0.15) is 31.7 Å². The van der Waals surface area contributed by atoms with Gasteiger partial charge in [0.2, 0.25) is 11.8 Å². The second kappa shape index (κ2) is 7.48. The highest BCUT2D eigenvalue weighted by Gasteiger charge is 2.39. The molecule has 0 N–H and O–H groups in total. The summed E-state index contributed by atoms with van der Waals surface area (Å²) in [4.78, 5) is 28.5. The topological polar surface area (TPSA) is 84.0 Å². The average Bonchev–Trinajstić information content (AvgIpc) is 3.48. The Labute approximate surface area is 165 Å². The smallest absolute Gasteiger partial charge is 0.230 e. The number of fused-ring (bicyclic) bond motifs is 1. The maximum Gasteiger partial charge on any atom is 0.230 e. The third-order valence-electron chi connectivity index (χ3n) is 5.74. The Morgan fingerprint density at radius 1 is 1.18 bits per heavy atom. The number of morpholine rings is 1. The van der Waals surface area contributed by atoms with E-state index in [-0.39, 0.29) is 40.8 Å². The first-order valence-corrected chi connectivity index (χ1v) is 11.6. The van der Waals surface area contributed by atoms with Gasteiger partial charge < -0.3 is 14.5 Å². The van der Waals surface area contributed by atoms with Crippen molar-refractivity contribution in [1.82, 2.24) is 4.90 Å². The van der Waals surface area contributed by atoms with Gasteiger partial charge in [0.05, 0.1) is 23.9 Å². The molecule has 0 radical (unpaired) electrons. The lowest BCUT2D eigenvalue weighted by atomic mass is 10.1. The lowest BCUT2D eigenvalue weighted by molar-refractivity contribution is -0.134. The highest BCUT2D eigenvalue weighted by molar-refractivity contribution is 7.91. The molecule has 3 aliphatic rings. The van der Waals surface area contributed by atoms with E-state index in [1.54, 1.807) is 23.1 Å². The fraction of sp³-hybridized carbons (Fsp3) is 0.600. The van der Waals surface area contributed by atoms with Gasteiger partial charge in [0.15, 0.2) is 9.84 Å². The molecule has 2 aliphatic heterocycles. The highest BCUT2D eigenvalue weighted by atomic mass is 32.2. The van der Waals surface area contributed by atoms with Crippen molar-refractivity contribution < 1.29 is 22.7 Å². The number of amides is 2. The van der Waals surface area contributed by atoms with Crippen LogP contribution in [0.4, 0.5) is 5.69 Å². The first-order valence-electron chi connectivity index (χ1n) is 9.91. The van der Waals surface area contributed by atoms with Crippen LogP contribution in [0.15, 0.2) is 23.1 Å². The maximum atomic E-state index is 12.8. The number of hydrogen-bond donors (Lipinski definition) is 0. The van der Waals surface area contributed by atoms with E-state index in [1.807, 2.05) is 11.8 Å². The van der Waals surface area contributed by atoms with Crippen LogP contribution in [-0.4, -0.2) is 63.2 Å². The zero-order chi connectivity index (χ0) is 19.9. The van der Waals surface area contributed by atoms with Crippen molar-refractivity contribution in [2.24, 2.45) is 5.92 Å². The molecular weight excluding hydrogens is 380 g/mol. The van der Waals surface area contributed by atoms with Gasteiger partial charge in [-0.15, -0.1) is 0 Å². The van der Waals surface area contributed by atoms with Crippen molar-refractivity contribution >= 4 is 27.3 Å². The van der Waals surface area contributed by atoms with Gasteiger partial charge in [-0.3, -0.25) is 9.59 Å². The van der Waals surface area contributed by atoms with Gasteiger partial charge in [-0.05, 0) is 49.9 Å². The minimum atomic E-state index is -3.56. The summed E-state index contributed by atoms with van der Waals surface area (Å²) < 4.78 is 30.7. The van der Waals surface area contributed by atoms with Crippen LogP contribution < -0.4 is 4.90 Å². The Bertz CT molecular complexity index is 888. The third-order valence-corrected chi connectivity index (χ3v) is 7.45. The average molecular weight is 407 g/mol. The van der Waals surface area contributed by atoms with Gasteiger partial charge >= 0.3 is 0 Å². The molecule has 2 heterocycles. The van der Waals surface area contributed by atoms with Crippen LogP contribution in [0.2, 0.25) is 0 Å². The molecule has 0 bridgehead atoms. The minimum Gasteiger partial charge on any atom is -0.378 e. The number of carbonyl (C=O) groups excluding carboxylic acids is 2. The molecule has 4 rings (SSSR count). The molecular formula is C20H26N2O5S. The van der Waals surface area contributed by atoms with Gasteiger partial charge in [0.1, 0.15) is 0 Å². The van der Waals surface area contributed by atoms with E-state index >= 15 is 0 Å². The number of ether oxygens (including phenoxy) is 1. The largest absolute Gasteiger partial charge is 0.378 e. The van der Waals surface area contributed by atoms with Gasteiger partial charge in [-0.25, -0.2) is 8.42 Å².